The van der Waals surface area contributed by atoms with Crippen LogP contribution < -0.4 is 0 Å². The molecule has 4 aliphatic rings. The minimum Gasteiger partial charge on any atom is -0.377 e. The summed E-state index contributed by atoms with van der Waals surface area (Å²) in [7, 11) is 1.63. The summed E-state index contributed by atoms with van der Waals surface area (Å²) in [6, 6.07) is 0. The number of rotatable bonds is 4. The molecule has 4 rings (SSSR count). The molecule has 2 nitrogen and oxygen atoms in total. The fourth-order valence-electron chi connectivity index (χ4n) is 6.51. The van der Waals surface area contributed by atoms with Gasteiger partial charge in [0.05, 0.1) is 0 Å². The van der Waals surface area contributed by atoms with Crippen molar-refractivity contribution in [2.75, 3.05) is 13.7 Å². The molecule has 102 valence electrons. The molecule has 0 aromatic carbocycles. The SMILES string of the molecule is COCC(=O)CC12CC3CC(C)(CC(C)(C3)C1)C2. The molecule has 0 aliphatic heterocycles. The third-order valence-corrected chi connectivity index (χ3v) is 5.62. The van der Waals surface area contributed by atoms with Gasteiger partial charge in [-0.05, 0) is 60.7 Å². The van der Waals surface area contributed by atoms with E-state index in [0.717, 1.165) is 12.3 Å². The Labute approximate surface area is 110 Å². The summed E-state index contributed by atoms with van der Waals surface area (Å²) in [6.45, 7) is 5.23. The monoisotopic (exact) mass is 250 g/mol. The molecule has 4 bridgehead atoms. The van der Waals surface area contributed by atoms with Gasteiger partial charge < -0.3 is 4.74 Å². The predicted octanol–water partition coefficient (Wildman–Crippen LogP) is 3.59. The molecule has 0 aromatic heterocycles. The number of Topliss-reactive ketones (excluding diaryl/α,β-unsaturated/α-hetero) is 1. The molecule has 0 spiro atoms. The largest absolute Gasteiger partial charge is 0.377 e. The van der Waals surface area contributed by atoms with Gasteiger partial charge in [0, 0.05) is 13.5 Å². The van der Waals surface area contributed by atoms with Crippen molar-refractivity contribution in [3.8, 4) is 0 Å². The molecule has 18 heavy (non-hydrogen) atoms. The average molecular weight is 250 g/mol. The van der Waals surface area contributed by atoms with Gasteiger partial charge in [-0.1, -0.05) is 13.8 Å². The highest BCUT2D eigenvalue weighted by molar-refractivity contribution is 5.80. The van der Waals surface area contributed by atoms with E-state index in [1.165, 1.54) is 38.5 Å². The summed E-state index contributed by atoms with van der Waals surface area (Å²) in [5, 5.41) is 0. The van der Waals surface area contributed by atoms with Crippen molar-refractivity contribution in [2.45, 2.75) is 58.8 Å². The van der Waals surface area contributed by atoms with E-state index in [0.29, 0.717) is 28.6 Å². The summed E-state index contributed by atoms with van der Waals surface area (Å²) < 4.78 is 5.02. The normalized spacial score (nSPS) is 49.6. The van der Waals surface area contributed by atoms with Crippen molar-refractivity contribution < 1.29 is 9.53 Å². The zero-order valence-corrected chi connectivity index (χ0v) is 12.1. The Kier molecular flexibility index (Phi) is 2.68. The summed E-state index contributed by atoms with van der Waals surface area (Å²) in [4.78, 5) is 12.0. The molecule has 4 fully saturated rings. The molecule has 2 heteroatoms. The second-order valence-electron chi connectivity index (χ2n) is 8.28. The smallest absolute Gasteiger partial charge is 0.159 e. The lowest BCUT2D eigenvalue weighted by atomic mass is 9.40. The van der Waals surface area contributed by atoms with Crippen molar-refractivity contribution in [3.63, 3.8) is 0 Å². The van der Waals surface area contributed by atoms with Crippen LogP contribution in [0.2, 0.25) is 0 Å². The number of carbonyl (C=O) groups excluding carboxylic acids is 1. The molecule has 0 aromatic rings. The Morgan fingerprint density at radius 2 is 1.72 bits per heavy atom. The molecule has 2 unspecified atom stereocenters. The molecule has 0 N–H and O–H groups in total. The van der Waals surface area contributed by atoms with Gasteiger partial charge in [0.25, 0.3) is 0 Å². The van der Waals surface area contributed by atoms with E-state index >= 15 is 0 Å². The van der Waals surface area contributed by atoms with E-state index in [1.54, 1.807) is 7.11 Å². The van der Waals surface area contributed by atoms with Crippen LogP contribution in [0, 0.1) is 22.2 Å². The highest BCUT2D eigenvalue weighted by Crippen LogP contribution is 2.70. The molecule has 0 heterocycles. The third-order valence-electron chi connectivity index (χ3n) is 5.62. The lowest BCUT2D eigenvalue weighted by Crippen LogP contribution is -2.55. The van der Waals surface area contributed by atoms with Crippen LogP contribution in [0.1, 0.15) is 58.8 Å². The third kappa shape index (κ3) is 2.03. The van der Waals surface area contributed by atoms with Crippen LogP contribution in [0.4, 0.5) is 0 Å². The maximum Gasteiger partial charge on any atom is 0.159 e. The topological polar surface area (TPSA) is 26.3 Å². The summed E-state index contributed by atoms with van der Waals surface area (Å²) in [6.07, 6.45) is 8.82. The lowest BCUT2D eigenvalue weighted by Gasteiger charge is -2.65. The quantitative estimate of drug-likeness (QED) is 0.762. The Morgan fingerprint density at radius 3 is 2.22 bits per heavy atom. The Bertz CT molecular complexity index is 355. The van der Waals surface area contributed by atoms with E-state index < -0.39 is 0 Å². The first-order valence-corrected chi connectivity index (χ1v) is 7.37. The molecule has 2 atom stereocenters. The van der Waals surface area contributed by atoms with Crippen LogP contribution in [-0.4, -0.2) is 19.5 Å². The number of ether oxygens (including phenoxy) is 1. The summed E-state index contributed by atoms with van der Waals surface area (Å²) >= 11 is 0. The molecule has 0 radical (unpaired) electrons. The van der Waals surface area contributed by atoms with E-state index in [-0.39, 0.29) is 0 Å². The molecular formula is C16H26O2. The maximum absolute atomic E-state index is 12.0. The number of methoxy groups -OCH3 is 1. The molecular weight excluding hydrogens is 224 g/mol. The van der Waals surface area contributed by atoms with Gasteiger partial charge in [-0.3, -0.25) is 4.79 Å². The fourth-order valence-corrected chi connectivity index (χ4v) is 6.51. The number of hydrogen-bond donors (Lipinski definition) is 0. The Hall–Kier alpha value is -0.370. The molecule has 4 saturated carbocycles. The van der Waals surface area contributed by atoms with Crippen LogP contribution in [0.15, 0.2) is 0 Å². The van der Waals surface area contributed by atoms with Crippen LogP contribution >= 0.6 is 0 Å². The van der Waals surface area contributed by atoms with E-state index in [4.69, 9.17) is 4.74 Å². The highest BCUT2D eigenvalue weighted by atomic mass is 16.5. The van der Waals surface area contributed by atoms with Gasteiger partial charge in [-0.2, -0.15) is 0 Å². The van der Waals surface area contributed by atoms with Gasteiger partial charge in [0.2, 0.25) is 0 Å². The van der Waals surface area contributed by atoms with Crippen LogP contribution in [0.5, 0.6) is 0 Å². The van der Waals surface area contributed by atoms with Crippen LogP contribution in [-0.2, 0) is 9.53 Å². The van der Waals surface area contributed by atoms with Gasteiger partial charge in [-0.15, -0.1) is 0 Å². The Balaban J connectivity index is 1.82. The second-order valence-corrected chi connectivity index (χ2v) is 8.28. The average Bonchev–Trinajstić information content (AvgIpc) is 2.09. The van der Waals surface area contributed by atoms with Crippen LogP contribution in [0.3, 0.4) is 0 Å². The number of hydrogen-bond acceptors (Lipinski definition) is 2. The predicted molar refractivity (Wildman–Crippen MR) is 71.3 cm³/mol. The minimum atomic E-state index is 0.305. The second kappa shape index (κ2) is 3.82. The zero-order valence-electron chi connectivity index (χ0n) is 12.1. The van der Waals surface area contributed by atoms with Crippen LogP contribution in [0.25, 0.3) is 0 Å². The number of ketones is 1. The number of carbonyl (C=O) groups is 1. The zero-order chi connectivity index (χ0) is 13.0. The maximum atomic E-state index is 12.0. The first-order valence-electron chi connectivity index (χ1n) is 7.37. The summed E-state index contributed by atoms with van der Waals surface area (Å²) in [5.74, 6) is 1.19. The van der Waals surface area contributed by atoms with Crippen molar-refractivity contribution in [3.05, 3.63) is 0 Å². The Morgan fingerprint density at radius 1 is 1.11 bits per heavy atom. The molecule has 0 saturated heterocycles. The highest BCUT2D eigenvalue weighted by Gasteiger charge is 2.60. The first-order chi connectivity index (χ1) is 8.36. The van der Waals surface area contributed by atoms with Gasteiger partial charge in [0.1, 0.15) is 6.61 Å². The standard InChI is InChI=1S/C16H26O2/c1-14-4-12-5-15(2,9-14)11-16(6-12,10-14)7-13(17)8-18-3/h12H,4-11H2,1-3H3. The fraction of sp³-hybridized carbons (Fsp3) is 0.938. The van der Waals surface area contributed by atoms with Gasteiger partial charge in [-0.25, -0.2) is 0 Å². The molecule has 0 amide bonds. The van der Waals surface area contributed by atoms with Crippen molar-refractivity contribution in [2.24, 2.45) is 22.2 Å². The minimum absolute atomic E-state index is 0.305. The van der Waals surface area contributed by atoms with Crippen molar-refractivity contribution >= 4 is 5.78 Å². The lowest BCUT2D eigenvalue weighted by molar-refractivity contribution is -0.156. The van der Waals surface area contributed by atoms with Gasteiger partial charge >= 0.3 is 0 Å². The van der Waals surface area contributed by atoms with Gasteiger partial charge in [0.15, 0.2) is 5.78 Å². The first kappa shape index (κ1) is 12.7. The van der Waals surface area contributed by atoms with E-state index in [1.807, 2.05) is 0 Å². The van der Waals surface area contributed by atoms with Crippen molar-refractivity contribution in [1.29, 1.82) is 0 Å². The summed E-state index contributed by atoms with van der Waals surface area (Å²) in [5.41, 5.74) is 1.35. The van der Waals surface area contributed by atoms with Crippen molar-refractivity contribution in [1.82, 2.24) is 0 Å². The molecule has 4 aliphatic carbocycles. The van der Waals surface area contributed by atoms with E-state index in [9.17, 15) is 4.79 Å². The van der Waals surface area contributed by atoms with E-state index in [2.05, 4.69) is 13.8 Å².